The third-order valence-corrected chi connectivity index (χ3v) is 3.97. The van der Waals surface area contributed by atoms with Crippen LogP contribution in [0.2, 0.25) is 5.02 Å². The molecular formula is C16H23ClN2O3. The maximum absolute atomic E-state index is 11.8. The Labute approximate surface area is 136 Å². The predicted molar refractivity (Wildman–Crippen MR) is 87.9 cm³/mol. The van der Waals surface area contributed by atoms with Gasteiger partial charge in [0.2, 0.25) is 0 Å². The number of hydrogen-bond acceptors (Lipinski definition) is 3. The molecule has 1 atom stereocenters. The summed E-state index contributed by atoms with van der Waals surface area (Å²) in [5, 5.41) is 15.2. The molecule has 0 saturated carbocycles. The van der Waals surface area contributed by atoms with Gasteiger partial charge in [-0.3, -0.25) is 9.59 Å². The molecule has 0 radical (unpaired) electrons. The Kier molecular flexibility index (Phi) is 7.35. The number of anilines is 1. The van der Waals surface area contributed by atoms with Crippen molar-refractivity contribution in [3.05, 3.63) is 28.8 Å². The van der Waals surface area contributed by atoms with Crippen molar-refractivity contribution < 1.29 is 14.7 Å². The van der Waals surface area contributed by atoms with E-state index in [0.29, 0.717) is 10.7 Å². The van der Waals surface area contributed by atoms with Gasteiger partial charge in [0.05, 0.1) is 16.8 Å². The standard InChI is InChI=1S/C16H23ClN2O3/c1-4-11(5-2)14(20)9-18-15(21)16(22)19-13-8-10(3)6-7-12(13)17/h6-8,11,14,20H,4-5,9H2,1-3H3,(H,18,21)(H,19,22). The first-order valence-corrected chi connectivity index (χ1v) is 7.80. The third-order valence-electron chi connectivity index (χ3n) is 3.64. The fraction of sp³-hybridized carbons (Fsp3) is 0.500. The van der Waals surface area contributed by atoms with E-state index in [1.165, 1.54) is 0 Å². The van der Waals surface area contributed by atoms with Crippen molar-refractivity contribution in [3.8, 4) is 0 Å². The first kappa shape index (κ1) is 18.5. The zero-order chi connectivity index (χ0) is 16.7. The van der Waals surface area contributed by atoms with Crippen molar-refractivity contribution >= 4 is 29.1 Å². The maximum atomic E-state index is 11.8. The molecule has 5 nitrogen and oxygen atoms in total. The molecule has 0 aromatic heterocycles. The van der Waals surface area contributed by atoms with E-state index in [4.69, 9.17) is 11.6 Å². The quantitative estimate of drug-likeness (QED) is 0.703. The average Bonchev–Trinajstić information content (AvgIpc) is 2.49. The molecule has 0 saturated heterocycles. The van der Waals surface area contributed by atoms with Crippen molar-refractivity contribution in [3.63, 3.8) is 0 Å². The number of nitrogens with one attached hydrogen (secondary N) is 2. The van der Waals surface area contributed by atoms with E-state index in [9.17, 15) is 14.7 Å². The van der Waals surface area contributed by atoms with Gasteiger partial charge in [-0.05, 0) is 30.5 Å². The monoisotopic (exact) mass is 326 g/mol. The largest absolute Gasteiger partial charge is 0.391 e. The Morgan fingerprint density at radius 2 is 1.86 bits per heavy atom. The van der Waals surface area contributed by atoms with Crippen molar-refractivity contribution in [2.45, 2.75) is 39.7 Å². The first-order chi connectivity index (χ1) is 10.4. The first-order valence-electron chi connectivity index (χ1n) is 7.42. The number of halogens is 1. The van der Waals surface area contributed by atoms with Crippen molar-refractivity contribution in [1.29, 1.82) is 0 Å². The van der Waals surface area contributed by atoms with E-state index in [-0.39, 0.29) is 12.5 Å². The van der Waals surface area contributed by atoms with Crippen LogP contribution in [0.3, 0.4) is 0 Å². The smallest absolute Gasteiger partial charge is 0.313 e. The second kappa shape index (κ2) is 8.76. The lowest BCUT2D eigenvalue weighted by atomic mass is 9.96. The van der Waals surface area contributed by atoms with E-state index in [0.717, 1.165) is 18.4 Å². The van der Waals surface area contributed by atoms with Gasteiger partial charge in [-0.1, -0.05) is 44.4 Å². The Morgan fingerprint density at radius 1 is 1.23 bits per heavy atom. The summed E-state index contributed by atoms with van der Waals surface area (Å²) in [4.78, 5) is 23.6. The van der Waals surface area contributed by atoms with Gasteiger partial charge in [-0.15, -0.1) is 0 Å². The van der Waals surface area contributed by atoms with E-state index >= 15 is 0 Å². The second-order valence-corrected chi connectivity index (χ2v) is 5.70. The second-order valence-electron chi connectivity index (χ2n) is 5.29. The summed E-state index contributed by atoms with van der Waals surface area (Å²) in [5.74, 6) is -1.48. The van der Waals surface area contributed by atoms with Gasteiger partial charge in [0.25, 0.3) is 0 Å². The summed E-state index contributed by atoms with van der Waals surface area (Å²) in [5.41, 5.74) is 1.31. The summed E-state index contributed by atoms with van der Waals surface area (Å²) < 4.78 is 0. The van der Waals surface area contributed by atoms with Crippen LogP contribution in [0.5, 0.6) is 0 Å². The maximum Gasteiger partial charge on any atom is 0.313 e. The van der Waals surface area contributed by atoms with Gasteiger partial charge in [0, 0.05) is 6.54 Å². The zero-order valence-corrected chi connectivity index (χ0v) is 13.9. The number of carbonyl (C=O) groups excluding carboxylic acids is 2. The molecule has 0 fully saturated rings. The molecule has 2 amide bonds. The minimum Gasteiger partial charge on any atom is -0.391 e. The number of aryl methyl sites for hydroxylation is 1. The van der Waals surface area contributed by atoms with Crippen LogP contribution in [0.15, 0.2) is 18.2 Å². The third kappa shape index (κ3) is 5.31. The van der Waals surface area contributed by atoms with Crippen LogP contribution >= 0.6 is 11.6 Å². The topological polar surface area (TPSA) is 78.4 Å². The van der Waals surface area contributed by atoms with E-state index in [1.54, 1.807) is 12.1 Å². The minimum absolute atomic E-state index is 0.0557. The molecule has 0 bridgehead atoms. The molecule has 1 rings (SSSR count). The summed E-state index contributed by atoms with van der Waals surface area (Å²) in [7, 11) is 0. The molecule has 22 heavy (non-hydrogen) atoms. The molecular weight excluding hydrogens is 304 g/mol. The normalized spacial score (nSPS) is 12.1. The van der Waals surface area contributed by atoms with Crippen LogP contribution in [-0.2, 0) is 9.59 Å². The molecule has 122 valence electrons. The highest BCUT2D eigenvalue weighted by Gasteiger charge is 2.19. The molecule has 6 heteroatoms. The van der Waals surface area contributed by atoms with Crippen molar-refractivity contribution in [2.24, 2.45) is 5.92 Å². The highest BCUT2D eigenvalue weighted by Crippen LogP contribution is 2.22. The highest BCUT2D eigenvalue weighted by molar-refractivity contribution is 6.41. The average molecular weight is 327 g/mol. The number of aliphatic hydroxyl groups excluding tert-OH is 1. The number of aliphatic hydroxyl groups is 1. The lowest BCUT2D eigenvalue weighted by Gasteiger charge is -2.20. The zero-order valence-electron chi connectivity index (χ0n) is 13.1. The Bertz CT molecular complexity index is 530. The molecule has 0 aliphatic heterocycles. The van der Waals surface area contributed by atoms with E-state index in [1.807, 2.05) is 26.8 Å². The van der Waals surface area contributed by atoms with Crippen LogP contribution < -0.4 is 10.6 Å². The van der Waals surface area contributed by atoms with E-state index < -0.39 is 17.9 Å². The number of amides is 2. The lowest BCUT2D eigenvalue weighted by molar-refractivity contribution is -0.136. The van der Waals surface area contributed by atoms with Gasteiger partial charge < -0.3 is 15.7 Å². The SMILES string of the molecule is CCC(CC)C(O)CNC(=O)C(=O)Nc1cc(C)ccc1Cl. The van der Waals surface area contributed by atoms with Crippen LogP contribution in [0.1, 0.15) is 32.3 Å². The summed E-state index contributed by atoms with van der Waals surface area (Å²) in [6, 6.07) is 5.15. The van der Waals surface area contributed by atoms with Gasteiger partial charge >= 0.3 is 11.8 Å². The van der Waals surface area contributed by atoms with Gasteiger partial charge in [-0.25, -0.2) is 0 Å². The fourth-order valence-electron chi connectivity index (χ4n) is 2.19. The van der Waals surface area contributed by atoms with Crippen LogP contribution in [-0.4, -0.2) is 29.6 Å². The Balaban J connectivity index is 2.55. The van der Waals surface area contributed by atoms with Crippen LogP contribution in [0.4, 0.5) is 5.69 Å². The predicted octanol–water partition coefficient (Wildman–Crippen LogP) is 2.50. The van der Waals surface area contributed by atoms with E-state index in [2.05, 4.69) is 10.6 Å². The number of carbonyl (C=O) groups is 2. The number of hydrogen-bond donors (Lipinski definition) is 3. The van der Waals surface area contributed by atoms with Crippen molar-refractivity contribution in [2.75, 3.05) is 11.9 Å². The molecule has 1 aromatic rings. The molecule has 1 aromatic carbocycles. The number of rotatable bonds is 6. The molecule has 1 unspecified atom stereocenters. The van der Waals surface area contributed by atoms with Crippen LogP contribution in [0.25, 0.3) is 0 Å². The molecule has 0 spiro atoms. The fourth-order valence-corrected chi connectivity index (χ4v) is 2.36. The highest BCUT2D eigenvalue weighted by atomic mass is 35.5. The van der Waals surface area contributed by atoms with Gasteiger partial charge in [-0.2, -0.15) is 0 Å². The van der Waals surface area contributed by atoms with Gasteiger partial charge in [0.15, 0.2) is 0 Å². The summed E-state index contributed by atoms with van der Waals surface area (Å²) >= 11 is 5.97. The number of benzene rings is 1. The molecule has 0 aliphatic rings. The Hall–Kier alpha value is -1.59. The molecule has 0 heterocycles. The lowest BCUT2D eigenvalue weighted by Crippen LogP contribution is -2.41. The molecule has 3 N–H and O–H groups in total. The molecule has 0 aliphatic carbocycles. The van der Waals surface area contributed by atoms with Gasteiger partial charge in [0.1, 0.15) is 0 Å². The summed E-state index contributed by atoms with van der Waals surface area (Å²) in [6.45, 7) is 5.87. The summed E-state index contributed by atoms with van der Waals surface area (Å²) in [6.07, 6.45) is 0.978. The minimum atomic E-state index is -0.802. The van der Waals surface area contributed by atoms with Crippen LogP contribution in [0, 0.1) is 12.8 Å². The van der Waals surface area contributed by atoms with Crippen molar-refractivity contribution in [1.82, 2.24) is 5.32 Å². The Morgan fingerprint density at radius 3 is 2.45 bits per heavy atom.